The van der Waals surface area contributed by atoms with Gasteiger partial charge in [-0.25, -0.2) is 0 Å². The average molecular weight is 418 g/mol. The number of carbonyl (C=O) groups is 4. The van der Waals surface area contributed by atoms with E-state index in [2.05, 4.69) is 10.6 Å². The highest BCUT2D eigenvalue weighted by Crippen LogP contribution is 2.15. The molecule has 0 heterocycles. The molecule has 0 aliphatic rings. The Kier molecular flexibility index (Phi) is 9.70. The average Bonchev–Trinajstić information content (AvgIpc) is 2.68. The van der Waals surface area contributed by atoms with Crippen molar-refractivity contribution in [3.63, 3.8) is 0 Å². The summed E-state index contributed by atoms with van der Waals surface area (Å²) in [7, 11) is 1.41. The maximum atomic E-state index is 13.1. The Balaban J connectivity index is 3.23. The van der Waals surface area contributed by atoms with E-state index in [-0.39, 0.29) is 11.6 Å². The van der Waals surface area contributed by atoms with Crippen LogP contribution in [-0.4, -0.2) is 59.4 Å². The highest BCUT2D eigenvalue weighted by atomic mass is 16.4. The standard InChI is InChI=1S/C21H30N4O5/c1-13(2)10-16(24-19(28)14(3)22)21(30)25(4)17(20(29)23-12-18(26)27)11-15-8-6-5-7-9-15/h5-9,11,13-14,16H,10,12,22H2,1-4H3,(H,23,29)(H,24,28)(H,26,27)/b17-11+. The van der Waals surface area contributed by atoms with E-state index in [9.17, 15) is 19.2 Å². The number of carboxylic acids is 1. The van der Waals surface area contributed by atoms with Crippen LogP contribution in [0, 0.1) is 5.92 Å². The van der Waals surface area contributed by atoms with Gasteiger partial charge in [-0.2, -0.15) is 0 Å². The van der Waals surface area contributed by atoms with Gasteiger partial charge in [0.05, 0.1) is 6.04 Å². The number of nitrogens with one attached hydrogen (secondary N) is 2. The summed E-state index contributed by atoms with van der Waals surface area (Å²) in [5.41, 5.74) is 6.21. The molecule has 0 aliphatic carbocycles. The first kappa shape index (κ1) is 24.8. The molecule has 0 spiro atoms. The van der Waals surface area contributed by atoms with Crippen LogP contribution in [0.2, 0.25) is 0 Å². The first-order chi connectivity index (χ1) is 14.0. The van der Waals surface area contributed by atoms with Crippen molar-refractivity contribution in [3.05, 3.63) is 41.6 Å². The maximum Gasteiger partial charge on any atom is 0.322 e. The molecular formula is C21H30N4O5. The Morgan fingerprint density at radius 1 is 1.13 bits per heavy atom. The lowest BCUT2D eigenvalue weighted by Crippen LogP contribution is -2.52. The second-order valence-electron chi connectivity index (χ2n) is 7.39. The minimum Gasteiger partial charge on any atom is -0.480 e. The molecule has 0 saturated carbocycles. The molecule has 0 bridgehead atoms. The van der Waals surface area contributed by atoms with E-state index in [1.165, 1.54) is 20.0 Å². The molecule has 2 atom stereocenters. The summed E-state index contributed by atoms with van der Waals surface area (Å²) in [4.78, 5) is 49.8. The summed E-state index contributed by atoms with van der Waals surface area (Å²) in [6.45, 7) is 4.72. The van der Waals surface area contributed by atoms with Crippen molar-refractivity contribution >= 4 is 29.8 Å². The zero-order chi connectivity index (χ0) is 22.8. The van der Waals surface area contributed by atoms with Crippen molar-refractivity contribution in [2.75, 3.05) is 13.6 Å². The van der Waals surface area contributed by atoms with Crippen LogP contribution >= 0.6 is 0 Å². The smallest absolute Gasteiger partial charge is 0.322 e. The van der Waals surface area contributed by atoms with Crippen molar-refractivity contribution in [2.24, 2.45) is 11.7 Å². The molecule has 1 rings (SSSR count). The lowest BCUT2D eigenvalue weighted by molar-refractivity contribution is -0.138. The second-order valence-corrected chi connectivity index (χ2v) is 7.39. The number of hydrogen-bond acceptors (Lipinski definition) is 5. The van der Waals surface area contributed by atoms with Crippen molar-refractivity contribution < 1.29 is 24.3 Å². The van der Waals surface area contributed by atoms with Crippen molar-refractivity contribution in [3.8, 4) is 0 Å². The number of benzene rings is 1. The summed E-state index contributed by atoms with van der Waals surface area (Å²) in [6.07, 6.45) is 1.83. The van der Waals surface area contributed by atoms with Crippen LogP contribution < -0.4 is 16.4 Å². The van der Waals surface area contributed by atoms with E-state index < -0.39 is 42.3 Å². The second kappa shape index (κ2) is 11.7. The number of hydrogen-bond donors (Lipinski definition) is 4. The molecule has 0 fully saturated rings. The molecule has 9 nitrogen and oxygen atoms in total. The first-order valence-corrected chi connectivity index (χ1v) is 9.63. The fraction of sp³-hybridized carbons (Fsp3) is 0.429. The van der Waals surface area contributed by atoms with Gasteiger partial charge >= 0.3 is 5.97 Å². The molecule has 164 valence electrons. The Morgan fingerprint density at radius 2 is 1.73 bits per heavy atom. The predicted octanol–water partition coefficient (Wildman–Crippen LogP) is 0.565. The van der Waals surface area contributed by atoms with Crippen LogP contribution in [0.3, 0.4) is 0 Å². The molecule has 2 unspecified atom stereocenters. The molecule has 0 aromatic heterocycles. The lowest BCUT2D eigenvalue weighted by Gasteiger charge is -2.27. The number of carboxylic acid groups (broad SMARTS) is 1. The molecule has 9 heteroatoms. The van der Waals surface area contributed by atoms with E-state index in [4.69, 9.17) is 10.8 Å². The summed E-state index contributed by atoms with van der Waals surface area (Å²) < 4.78 is 0. The van der Waals surface area contributed by atoms with Crippen LogP contribution in [0.4, 0.5) is 0 Å². The largest absolute Gasteiger partial charge is 0.480 e. The van der Waals surface area contributed by atoms with E-state index in [0.29, 0.717) is 12.0 Å². The third-order valence-corrected chi connectivity index (χ3v) is 4.16. The van der Waals surface area contributed by atoms with E-state index in [1.54, 1.807) is 30.3 Å². The summed E-state index contributed by atoms with van der Waals surface area (Å²) in [5.74, 6) is -2.84. The SMILES string of the molecule is CC(C)CC(NC(=O)C(C)N)C(=O)N(C)/C(=C/c1ccccc1)C(=O)NCC(=O)O. The summed E-state index contributed by atoms with van der Waals surface area (Å²) in [6, 6.07) is 7.14. The van der Waals surface area contributed by atoms with E-state index in [0.717, 1.165) is 4.90 Å². The van der Waals surface area contributed by atoms with Gasteiger partial charge in [0.15, 0.2) is 0 Å². The molecule has 0 aliphatic heterocycles. The van der Waals surface area contributed by atoms with Gasteiger partial charge in [0.2, 0.25) is 11.8 Å². The predicted molar refractivity (Wildman–Crippen MR) is 113 cm³/mol. The number of likely N-dealkylation sites (N-methyl/N-ethyl adjacent to an activating group) is 1. The molecule has 0 saturated heterocycles. The number of amides is 3. The molecule has 5 N–H and O–H groups in total. The summed E-state index contributed by atoms with van der Waals surface area (Å²) in [5, 5.41) is 13.7. The van der Waals surface area contributed by atoms with Gasteiger partial charge in [-0.15, -0.1) is 0 Å². The van der Waals surface area contributed by atoms with Gasteiger partial charge in [-0.1, -0.05) is 44.2 Å². The monoisotopic (exact) mass is 418 g/mol. The van der Waals surface area contributed by atoms with Crippen LogP contribution in [0.25, 0.3) is 6.08 Å². The van der Waals surface area contributed by atoms with Gasteiger partial charge in [0.1, 0.15) is 18.3 Å². The zero-order valence-electron chi connectivity index (χ0n) is 17.7. The van der Waals surface area contributed by atoms with Crippen LogP contribution in [0.1, 0.15) is 32.8 Å². The third kappa shape index (κ3) is 8.04. The number of rotatable bonds is 10. The molecule has 0 radical (unpaired) electrons. The number of nitrogens with two attached hydrogens (primary N) is 1. The van der Waals surface area contributed by atoms with Crippen molar-refractivity contribution in [1.29, 1.82) is 0 Å². The van der Waals surface area contributed by atoms with Gasteiger partial charge < -0.3 is 26.4 Å². The number of carbonyl (C=O) groups excluding carboxylic acids is 3. The summed E-state index contributed by atoms with van der Waals surface area (Å²) >= 11 is 0. The molecule has 3 amide bonds. The molecule has 1 aromatic rings. The molecular weight excluding hydrogens is 388 g/mol. The minimum atomic E-state index is -1.21. The zero-order valence-corrected chi connectivity index (χ0v) is 17.7. The van der Waals surface area contributed by atoms with Gasteiger partial charge in [-0.05, 0) is 30.9 Å². The van der Waals surface area contributed by atoms with Crippen LogP contribution in [0.5, 0.6) is 0 Å². The van der Waals surface area contributed by atoms with Gasteiger partial charge in [-0.3, -0.25) is 19.2 Å². The quantitative estimate of drug-likeness (QED) is 0.409. The highest BCUT2D eigenvalue weighted by molar-refractivity contribution is 6.03. The Hall–Kier alpha value is -3.20. The van der Waals surface area contributed by atoms with Crippen LogP contribution in [-0.2, 0) is 19.2 Å². The molecule has 1 aromatic carbocycles. The number of aliphatic carboxylic acids is 1. The highest BCUT2D eigenvalue weighted by Gasteiger charge is 2.29. The third-order valence-electron chi connectivity index (χ3n) is 4.16. The Morgan fingerprint density at radius 3 is 2.23 bits per heavy atom. The topological polar surface area (TPSA) is 142 Å². The fourth-order valence-electron chi connectivity index (χ4n) is 2.62. The van der Waals surface area contributed by atoms with Crippen molar-refractivity contribution in [2.45, 2.75) is 39.3 Å². The van der Waals surface area contributed by atoms with E-state index >= 15 is 0 Å². The maximum absolute atomic E-state index is 13.1. The van der Waals surface area contributed by atoms with Crippen molar-refractivity contribution in [1.82, 2.24) is 15.5 Å². The minimum absolute atomic E-state index is 0.0451. The first-order valence-electron chi connectivity index (χ1n) is 9.63. The number of nitrogens with zero attached hydrogens (tertiary/aromatic N) is 1. The Labute approximate surface area is 176 Å². The lowest BCUT2D eigenvalue weighted by atomic mass is 10.0. The normalized spacial score (nSPS) is 13.3. The fourth-order valence-corrected chi connectivity index (χ4v) is 2.62. The van der Waals surface area contributed by atoms with Gasteiger partial charge in [0.25, 0.3) is 5.91 Å². The van der Waals surface area contributed by atoms with Gasteiger partial charge in [0, 0.05) is 7.05 Å². The molecule has 30 heavy (non-hydrogen) atoms. The van der Waals surface area contributed by atoms with Crippen LogP contribution in [0.15, 0.2) is 36.0 Å². The van der Waals surface area contributed by atoms with E-state index in [1.807, 2.05) is 13.8 Å². The Bertz CT molecular complexity index is 790.